The first kappa shape index (κ1) is 14.3. The van der Waals surface area contributed by atoms with E-state index in [2.05, 4.69) is 54.5 Å². The van der Waals surface area contributed by atoms with Crippen molar-refractivity contribution in [3.8, 4) is 0 Å². The number of rotatable bonds is 4. The molecule has 0 spiro atoms. The van der Waals surface area contributed by atoms with Gasteiger partial charge < -0.3 is 5.32 Å². The Kier molecular flexibility index (Phi) is 4.35. The summed E-state index contributed by atoms with van der Waals surface area (Å²) in [6.45, 7) is 4.46. The lowest BCUT2D eigenvalue weighted by Crippen LogP contribution is -2.22. The Morgan fingerprint density at radius 2 is 1.52 bits per heavy atom. The van der Waals surface area contributed by atoms with Crippen LogP contribution in [0.3, 0.4) is 0 Å². The van der Waals surface area contributed by atoms with Gasteiger partial charge in [0.25, 0.3) is 0 Å². The Morgan fingerprint density at radius 3 is 2.29 bits per heavy atom. The van der Waals surface area contributed by atoms with Crippen molar-refractivity contribution in [2.75, 3.05) is 0 Å². The lowest BCUT2D eigenvalue weighted by atomic mass is 9.89. The fourth-order valence-electron chi connectivity index (χ4n) is 3.24. The van der Waals surface area contributed by atoms with Gasteiger partial charge in [0.1, 0.15) is 0 Å². The molecule has 2 aromatic rings. The maximum Gasteiger partial charge on any atom is 0.0298 e. The van der Waals surface area contributed by atoms with Gasteiger partial charge in [0.15, 0.2) is 0 Å². The molecule has 2 nitrogen and oxygen atoms in total. The number of hydrogen-bond acceptors (Lipinski definition) is 2. The van der Waals surface area contributed by atoms with Gasteiger partial charge in [-0.05, 0) is 73.9 Å². The van der Waals surface area contributed by atoms with E-state index in [1.165, 1.54) is 36.8 Å². The van der Waals surface area contributed by atoms with Crippen LogP contribution in [0.1, 0.15) is 61.0 Å². The molecule has 1 unspecified atom stereocenters. The molecule has 2 heteroatoms. The van der Waals surface area contributed by atoms with Crippen LogP contribution in [0.15, 0.2) is 42.7 Å². The van der Waals surface area contributed by atoms with Crippen molar-refractivity contribution >= 4 is 0 Å². The molecule has 1 aromatic heterocycles. The summed E-state index contributed by atoms with van der Waals surface area (Å²) in [5.41, 5.74) is 5.80. The molecule has 0 aliphatic heterocycles. The second-order valence-electron chi connectivity index (χ2n) is 6.13. The molecule has 1 aliphatic carbocycles. The van der Waals surface area contributed by atoms with Gasteiger partial charge in [0, 0.05) is 24.5 Å². The predicted molar refractivity (Wildman–Crippen MR) is 87.3 cm³/mol. The van der Waals surface area contributed by atoms with E-state index in [0.717, 1.165) is 0 Å². The smallest absolute Gasteiger partial charge is 0.0298 e. The summed E-state index contributed by atoms with van der Waals surface area (Å²) >= 11 is 0. The van der Waals surface area contributed by atoms with Crippen LogP contribution in [0, 0.1) is 0 Å². The standard InChI is InChI=1S/C19H24N2/c1-14(16-9-11-20-12-10-16)21-15(2)18-8-7-17-5-3-4-6-19(17)13-18/h7-15,21H,3-6H2,1-2H3/t14-,15?/m0/s1. The number of nitrogens with one attached hydrogen (secondary N) is 1. The highest BCUT2D eigenvalue weighted by Gasteiger charge is 2.14. The predicted octanol–water partition coefficient (Wildman–Crippen LogP) is 4.37. The van der Waals surface area contributed by atoms with Crippen molar-refractivity contribution in [2.45, 2.75) is 51.6 Å². The largest absolute Gasteiger partial charge is 0.304 e. The highest BCUT2D eigenvalue weighted by Crippen LogP contribution is 2.26. The van der Waals surface area contributed by atoms with E-state index in [1.54, 1.807) is 11.1 Å². The van der Waals surface area contributed by atoms with Gasteiger partial charge in [-0.3, -0.25) is 4.98 Å². The summed E-state index contributed by atoms with van der Waals surface area (Å²) in [6, 6.07) is 11.9. The molecule has 0 saturated heterocycles. The van der Waals surface area contributed by atoms with Crippen LogP contribution in [0.2, 0.25) is 0 Å². The van der Waals surface area contributed by atoms with Crippen LogP contribution in [0.4, 0.5) is 0 Å². The maximum absolute atomic E-state index is 4.09. The Balaban J connectivity index is 1.72. The SMILES string of the molecule is CC(N[C@@H](C)c1ccncc1)c1ccc2c(c1)CCCC2. The molecular formula is C19H24N2. The third-order valence-corrected chi connectivity index (χ3v) is 4.58. The summed E-state index contributed by atoms with van der Waals surface area (Å²) in [6.07, 6.45) is 8.90. The fraction of sp³-hybridized carbons (Fsp3) is 0.421. The Morgan fingerprint density at radius 1 is 0.857 bits per heavy atom. The zero-order valence-electron chi connectivity index (χ0n) is 13.0. The van der Waals surface area contributed by atoms with Crippen molar-refractivity contribution in [2.24, 2.45) is 0 Å². The molecular weight excluding hydrogens is 256 g/mol. The summed E-state index contributed by atoms with van der Waals surface area (Å²) in [5, 5.41) is 3.69. The Bertz CT molecular complexity index is 592. The number of fused-ring (bicyclic) bond motifs is 1. The van der Waals surface area contributed by atoms with E-state index in [-0.39, 0.29) is 0 Å². The average molecular weight is 280 g/mol. The fourth-order valence-corrected chi connectivity index (χ4v) is 3.24. The van der Waals surface area contributed by atoms with Crippen molar-refractivity contribution < 1.29 is 0 Å². The van der Waals surface area contributed by atoms with Crippen molar-refractivity contribution in [1.82, 2.24) is 10.3 Å². The minimum atomic E-state index is 0.332. The highest BCUT2D eigenvalue weighted by molar-refractivity contribution is 5.35. The second-order valence-corrected chi connectivity index (χ2v) is 6.13. The minimum Gasteiger partial charge on any atom is -0.304 e. The third kappa shape index (κ3) is 3.33. The van der Waals surface area contributed by atoms with E-state index < -0.39 is 0 Å². The van der Waals surface area contributed by atoms with Crippen LogP contribution >= 0.6 is 0 Å². The summed E-state index contributed by atoms with van der Waals surface area (Å²) in [5.74, 6) is 0. The van der Waals surface area contributed by atoms with Gasteiger partial charge in [0.2, 0.25) is 0 Å². The highest BCUT2D eigenvalue weighted by atomic mass is 14.9. The summed E-state index contributed by atoms with van der Waals surface area (Å²) in [7, 11) is 0. The zero-order chi connectivity index (χ0) is 14.7. The molecule has 0 fully saturated rings. The number of nitrogens with zero attached hydrogens (tertiary/aromatic N) is 1. The normalized spacial score (nSPS) is 17.0. The van der Waals surface area contributed by atoms with Crippen molar-refractivity contribution in [1.29, 1.82) is 0 Å². The molecule has 0 amide bonds. The van der Waals surface area contributed by atoms with Crippen LogP contribution in [0.25, 0.3) is 0 Å². The van der Waals surface area contributed by atoms with Crippen molar-refractivity contribution in [3.05, 3.63) is 65.0 Å². The molecule has 3 rings (SSSR count). The molecule has 0 bridgehead atoms. The topological polar surface area (TPSA) is 24.9 Å². The monoisotopic (exact) mass is 280 g/mol. The molecule has 1 N–H and O–H groups in total. The number of benzene rings is 1. The van der Waals surface area contributed by atoms with Crippen molar-refractivity contribution in [3.63, 3.8) is 0 Å². The van der Waals surface area contributed by atoms with Crippen LogP contribution in [0.5, 0.6) is 0 Å². The number of hydrogen-bond donors (Lipinski definition) is 1. The molecule has 2 atom stereocenters. The van der Waals surface area contributed by atoms with Crippen LogP contribution < -0.4 is 5.32 Å². The molecule has 0 radical (unpaired) electrons. The first-order chi connectivity index (χ1) is 10.2. The van der Waals surface area contributed by atoms with Gasteiger partial charge in [0.05, 0.1) is 0 Å². The van der Waals surface area contributed by atoms with Gasteiger partial charge in [-0.25, -0.2) is 0 Å². The van der Waals surface area contributed by atoms with Gasteiger partial charge in [-0.2, -0.15) is 0 Å². The zero-order valence-corrected chi connectivity index (χ0v) is 13.0. The summed E-state index contributed by atoms with van der Waals surface area (Å²) < 4.78 is 0. The number of aryl methyl sites for hydroxylation is 2. The second kappa shape index (κ2) is 6.40. The van der Waals surface area contributed by atoms with E-state index in [0.29, 0.717) is 12.1 Å². The van der Waals surface area contributed by atoms with E-state index in [1.807, 2.05) is 12.4 Å². The third-order valence-electron chi connectivity index (χ3n) is 4.58. The molecule has 1 aliphatic rings. The molecule has 1 heterocycles. The minimum absolute atomic E-state index is 0.332. The number of aromatic nitrogens is 1. The van der Waals surface area contributed by atoms with E-state index in [9.17, 15) is 0 Å². The first-order valence-electron chi connectivity index (χ1n) is 8.01. The lowest BCUT2D eigenvalue weighted by Gasteiger charge is -2.23. The average Bonchev–Trinajstić information content (AvgIpc) is 2.55. The number of pyridine rings is 1. The Labute approximate surface area is 127 Å². The van der Waals surface area contributed by atoms with E-state index in [4.69, 9.17) is 0 Å². The van der Waals surface area contributed by atoms with Crippen LogP contribution in [-0.2, 0) is 12.8 Å². The van der Waals surface area contributed by atoms with Gasteiger partial charge >= 0.3 is 0 Å². The van der Waals surface area contributed by atoms with Gasteiger partial charge in [-0.15, -0.1) is 0 Å². The molecule has 1 aromatic carbocycles. The molecule has 110 valence electrons. The maximum atomic E-state index is 4.09. The lowest BCUT2D eigenvalue weighted by molar-refractivity contribution is 0.493. The first-order valence-corrected chi connectivity index (χ1v) is 8.01. The molecule has 21 heavy (non-hydrogen) atoms. The molecule has 0 saturated carbocycles. The quantitative estimate of drug-likeness (QED) is 0.899. The Hall–Kier alpha value is -1.67. The van der Waals surface area contributed by atoms with Gasteiger partial charge in [-0.1, -0.05) is 18.2 Å². The van der Waals surface area contributed by atoms with E-state index >= 15 is 0 Å². The van der Waals surface area contributed by atoms with Crippen LogP contribution in [-0.4, -0.2) is 4.98 Å². The summed E-state index contributed by atoms with van der Waals surface area (Å²) in [4.78, 5) is 4.09.